The molecule has 0 heterocycles. The number of hydrogen-bond acceptors (Lipinski definition) is 4. The molecule has 1 fully saturated rings. The number of hydrogen-bond donors (Lipinski definition) is 2. The summed E-state index contributed by atoms with van der Waals surface area (Å²) in [4.78, 5) is 12.0. The van der Waals surface area contributed by atoms with Crippen LogP contribution in [0.1, 0.15) is 23.2 Å². The maximum absolute atomic E-state index is 12.0. The molecule has 0 aliphatic heterocycles. The Kier molecular flexibility index (Phi) is 3.82. The number of halogens is 1. The third kappa shape index (κ3) is 2.91. The van der Waals surface area contributed by atoms with Gasteiger partial charge in [0.2, 0.25) is 0 Å². The van der Waals surface area contributed by atoms with Gasteiger partial charge in [-0.05, 0) is 30.9 Å². The highest BCUT2D eigenvalue weighted by atomic mass is 35.5. The van der Waals surface area contributed by atoms with Crippen LogP contribution in [-0.2, 0) is 0 Å². The quantitative estimate of drug-likeness (QED) is 0.885. The number of aromatic hydroxyl groups is 1. The minimum Gasteiger partial charge on any atom is -0.503 e. The van der Waals surface area contributed by atoms with E-state index in [1.807, 2.05) is 0 Å². The van der Waals surface area contributed by atoms with Gasteiger partial charge in [-0.2, -0.15) is 5.26 Å². The molecule has 0 aromatic heterocycles. The van der Waals surface area contributed by atoms with E-state index in [2.05, 4.69) is 11.4 Å². The van der Waals surface area contributed by atoms with Crippen molar-refractivity contribution in [3.8, 4) is 17.6 Å². The fourth-order valence-electron chi connectivity index (χ4n) is 1.77. The lowest BCUT2D eigenvalue weighted by atomic mass is 10.1. The van der Waals surface area contributed by atoms with Gasteiger partial charge >= 0.3 is 0 Å². The van der Waals surface area contributed by atoms with Crippen molar-refractivity contribution in [1.29, 1.82) is 5.26 Å². The van der Waals surface area contributed by atoms with Crippen molar-refractivity contribution < 1.29 is 14.6 Å². The van der Waals surface area contributed by atoms with E-state index in [9.17, 15) is 9.90 Å². The van der Waals surface area contributed by atoms with Gasteiger partial charge in [0.15, 0.2) is 11.5 Å². The number of ether oxygens (including phenoxy) is 1. The molecule has 1 aromatic rings. The molecule has 5 nitrogen and oxygen atoms in total. The third-order valence-corrected chi connectivity index (χ3v) is 3.32. The number of nitrogens with zero attached hydrogens (tertiary/aromatic N) is 1. The Hall–Kier alpha value is -1.93. The van der Waals surface area contributed by atoms with Crippen LogP contribution in [0, 0.1) is 17.2 Å². The van der Waals surface area contributed by atoms with Crippen molar-refractivity contribution >= 4 is 17.5 Å². The second-order valence-electron chi connectivity index (χ2n) is 4.43. The van der Waals surface area contributed by atoms with Crippen LogP contribution in [0.2, 0.25) is 5.02 Å². The summed E-state index contributed by atoms with van der Waals surface area (Å²) in [6.07, 6.45) is 1.91. The molecule has 1 aromatic carbocycles. The van der Waals surface area contributed by atoms with Crippen molar-refractivity contribution in [3.05, 3.63) is 22.7 Å². The van der Waals surface area contributed by atoms with Crippen LogP contribution in [-0.4, -0.2) is 24.2 Å². The number of rotatable bonds is 4. The topological polar surface area (TPSA) is 82.3 Å². The van der Waals surface area contributed by atoms with E-state index in [-0.39, 0.29) is 28.0 Å². The number of phenols is 1. The Morgan fingerprint density at radius 3 is 2.84 bits per heavy atom. The molecular formula is C13H13ClN2O3. The standard InChI is InChI=1S/C13H13ClN2O3/c1-19-11-5-8(4-9(14)12(11)17)13(18)16-10(6-15)7-2-3-7/h4-5,7,10,17H,2-3H2,1H3,(H,16,18). The zero-order valence-electron chi connectivity index (χ0n) is 10.3. The highest BCUT2D eigenvalue weighted by Gasteiger charge is 2.32. The smallest absolute Gasteiger partial charge is 0.252 e. The van der Waals surface area contributed by atoms with Gasteiger partial charge < -0.3 is 15.2 Å². The van der Waals surface area contributed by atoms with Gasteiger partial charge in [0.05, 0.1) is 18.2 Å². The lowest BCUT2D eigenvalue weighted by Gasteiger charge is -2.12. The molecule has 2 N–H and O–H groups in total. The van der Waals surface area contributed by atoms with Crippen molar-refractivity contribution in [1.82, 2.24) is 5.32 Å². The lowest BCUT2D eigenvalue weighted by molar-refractivity contribution is 0.0941. The van der Waals surface area contributed by atoms with Crippen LogP contribution in [0.4, 0.5) is 0 Å². The van der Waals surface area contributed by atoms with Crippen LogP contribution in [0.25, 0.3) is 0 Å². The fourth-order valence-corrected chi connectivity index (χ4v) is 1.98. The average molecular weight is 281 g/mol. The molecule has 1 atom stereocenters. The first-order valence-corrected chi connectivity index (χ1v) is 6.21. The van der Waals surface area contributed by atoms with Gasteiger partial charge in [-0.25, -0.2) is 0 Å². The summed E-state index contributed by atoms with van der Waals surface area (Å²) in [5.41, 5.74) is 0.251. The third-order valence-electron chi connectivity index (χ3n) is 3.03. The molecule has 0 radical (unpaired) electrons. The highest BCUT2D eigenvalue weighted by molar-refractivity contribution is 6.32. The number of carbonyl (C=O) groups is 1. The van der Waals surface area contributed by atoms with Crippen molar-refractivity contribution in [3.63, 3.8) is 0 Å². The molecule has 19 heavy (non-hydrogen) atoms. The number of nitriles is 1. The number of carbonyl (C=O) groups excluding carboxylic acids is 1. The predicted octanol–water partition coefficient (Wildman–Crippen LogP) is 2.09. The van der Waals surface area contributed by atoms with Crippen molar-refractivity contribution in [2.24, 2.45) is 5.92 Å². The molecule has 1 aliphatic rings. The molecule has 0 bridgehead atoms. The first kappa shape index (κ1) is 13.5. The van der Waals surface area contributed by atoms with E-state index in [4.69, 9.17) is 21.6 Å². The molecule has 0 saturated heterocycles. The monoisotopic (exact) mass is 280 g/mol. The van der Waals surface area contributed by atoms with Gasteiger partial charge in [0, 0.05) is 5.56 Å². The van der Waals surface area contributed by atoms with E-state index < -0.39 is 11.9 Å². The minimum atomic E-state index is -0.480. The Morgan fingerprint density at radius 1 is 1.63 bits per heavy atom. The number of amides is 1. The summed E-state index contributed by atoms with van der Waals surface area (Å²) in [6, 6.07) is 4.32. The molecule has 100 valence electrons. The zero-order chi connectivity index (χ0) is 14.0. The Morgan fingerprint density at radius 2 is 2.32 bits per heavy atom. The number of nitrogens with one attached hydrogen (secondary N) is 1. The number of methoxy groups -OCH3 is 1. The number of phenolic OH excluding ortho intramolecular Hbond substituents is 1. The molecule has 2 rings (SSSR count). The van der Waals surface area contributed by atoms with Crippen LogP contribution in [0.5, 0.6) is 11.5 Å². The Balaban J connectivity index is 2.19. The molecule has 0 spiro atoms. The maximum Gasteiger partial charge on any atom is 0.252 e. The molecule has 1 saturated carbocycles. The Labute approximate surface area is 115 Å². The van der Waals surface area contributed by atoms with Crippen LogP contribution in [0.15, 0.2) is 12.1 Å². The lowest BCUT2D eigenvalue weighted by Crippen LogP contribution is -2.35. The highest BCUT2D eigenvalue weighted by Crippen LogP contribution is 2.35. The summed E-state index contributed by atoms with van der Waals surface area (Å²) in [6.45, 7) is 0. The molecule has 6 heteroatoms. The largest absolute Gasteiger partial charge is 0.503 e. The maximum atomic E-state index is 12.0. The van der Waals surface area contributed by atoms with Crippen LogP contribution >= 0.6 is 11.6 Å². The summed E-state index contributed by atoms with van der Waals surface area (Å²) in [7, 11) is 1.37. The van der Waals surface area contributed by atoms with E-state index in [0.717, 1.165) is 12.8 Å². The first-order chi connectivity index (χ1) is 9.06. The summed E-state index contributed by atoms with van der Waals surface area (Å²) in [5.74, 6) is -0.251. The molecular weight excluding hydrogens is 268 g/mol. The summed E-state index contributed by atoms with van der Waals surface area (Å²) >= 11 is 5.81. The average Bonchev–Trinajstić information content (AvgIpc) is 3.23. The molecule has 1 unspecified atom stereocenters. The second-order valence-corrected chi connectivity index (χ2v) is 4.83. The second kappa shape index (κ2) is 5.37. The van der Waals surface area contributed by atoms with Gasteiger partial charge in [0.1, 0.15) is 6.04 Å². The van der Waals surface area contributed by atoms with Gasteiger partial charge in [-0.15, -0.1) is 0 Å². The molecule has 1 amide bonds. The summed E-state index contributed by atoms with van der Waals surface area (Å²) in [5, 5.41) is 21.2. The SMILES string of the molecule is COc1cc(C(=O)NC(C#N)C2CC2)cc(Cl)c1O. The van der Waals surface area contributed by atoms with E-state index in [0.29, 0.717) is 0 Å². The zero-order valence-corrected chi connectivity index (χ0v) is 11.1. The predicted molar refractivity (Wildman–Crippen MR) is 69.3 cm³/mol. The van der Waals surface area contributed by atoms with E-state index in [1.165, 1.54) is 19.2 Å². The van der Waals surface area contributed by atoms with E-state index >= 15 is 0 Å². The molecule has 1 aliphatic carbocycles. The van der Waals surface area contributed by atoms with Crippen molar-refractivity contribution in [2.45, 2.75) is 18.9 Å². The first-order valence-electron chi connectivity index (χ1n) is 5.83. The Bertz CT molecular complexity index is 550. The number of benzene rings is 1. The van der Waals surface area contributed by atoms with Crippen LogP contribution in [0.3, 0.4) is 0 Å². The minimum absolute atomic E-state index is 0.0319. The van der Waals surface area contributed by atoms with Gasteiger partial charge in [-0.1, -0.05) is 11.6 Å². The normalized spacial score (nSPS) is 15.4. The van der Waals surface area contributed by atoms with Gasteiger partial charge in [-0.3, -0.25) is 4.79 Å². The van der Waals surface area contributed by atoms with E-state index in [1.54, 1.807) is 0 Å². The van der Waals surface area contributed by atoms with Crippen molar-refractivity contribution in [2.75, 3.05) is 7.11 Å². The van der Waals surface area contributed by atoms with Crippen LogP contribution < -0.4 is 10.1 Å². The fraction of sp³-hybridized carbons (Fsp3) is 0.385. The van der Waals surface area contributed by atoms with Gasteiger partial charge in [0.25, 0.3) is 5.91 Å². The summed E-state index contributed by atoms with van der Waals surface area (Å²) < 4.78 is 4.93.